The Morgan fingerprint density at radius 3 is 1.84 bits per heavy atom. The Hall–Kier alpha value is -5.64. The van der Waals surface area contributed by atoms with Crippen LogP contribution in [0.1, 0.15) is 0 Å². The number of anilines is 3. The quantitative estimate of drug-likeness (QED) is 0.197. The molecule has 2 nitrogen and oxygen atoms in total. The first kappa shape index (κ1) is 25.8. The van der Waals surface area contributed by atoms with Crippen molar-refractivity contribution in [1.29, 1.82) is 0 Å². The van der Waals surface area contributed by atoms with Crippen LogP contribution in [-0.4, -0.2) is 0 Å². The van der Waals surface area contributed by atoms with Gasteiger partial charge in [-0.05, 0) is 64.7 Å². The zero-order valence-electron chi connectivity index (χ0n) is 24.4. The van der Waals surface area contributed by atoms with Crippen molar-refractivity contribution >= 4 is 70.5 Å². The highest BCUT2D eigenvalue weighted by atomic mass is 32.1. The van der Waals surface area contributed by atoms with Crippen LogP contribution in [0.15, 0.2) is 168 Å². The predicted octanol–water partition coefficient (Wildman–Crippen LogP) is 12.8. The summed E-state index contributed by atoms with van der Waals surface area (Å²) in [6, 6.07) is 58.4. The summed E-state index contributed by atoms with van der Waals surface area (Å²) in [5.41, 5.74) is 9.98. The molecule has 0 spiro atoms. The Bertz CT molecular complexity index is 2490. The van der Waals surface area contributed by atoms with Crippen molar-refractivity contribution in [2.75, 3.05) is 4.90 Å². The average Bonchev–Trinajstić information content (AvgIpc) is 3.69. The summed E-state index contributed by atoms with van der Waals surface area (Å²) in [5, 5.41) is 4.80. The lowest BCUT2D eigenvalue weighted by Gasteiger charge is -2.27. The number of nitrogens with zero attached hydrogens (tertiary/aromatic N) is 1. The van der Waals surface area contributed by atoms with E-state index < -0.39 is 0 Å². The number of benzene rings is 7. The molecule has 0 bridgehead atoms. The Balaban J connectivity index is 1.28. The fraction of sp³-hybridized carbons (Fsp3) is 0. The Morgan fingerprint density at radius 1 is 0.422 bits per heavy atom. The maximum absolute atomic E-state index is 6.36. The van der Waals surface area contributed by atoms with Gasteiger partial charge in [-0.3, -0.25) is 0 Å². The number of hydrogen-bond acceptors (Lipinski definition) is 3. The number of para-hydroxylation sites is 1. The van der Waals surface area contributed by atoms with E-state index in [4.69, 9.17) is 4.42 Å². The molecule has 9 aromatic rings. The SMILES string of the molecule is c1ccc(-c2ccccc2-c2ccc(N(c3cccc4c3sc3ccccc34)c3cccc4oc5ccccc5c34)cc2)cc1. The molecule has 7 aromatic carbocycles. The van der Waals surface area contributed by atoms with E-state index >= 15 is 0 Å². The van der Waals surface area contributed by atoms with Gasteiger partial charge in [-0.1, -0.05) is 121 Å². The highest BCUT2D eigenvalue weighted by Crippen LogP contribution is 2.48. The van der Waals surface area contributed by atoms with Gasteiger partial charge in [0.2, 0.25) is 0 Å². The Morgan fingerprint density at radius 2 is 1.02 bits per heavy atom. The van der Waals surface area contributed by atoms with Gasteiger partial charge in [0.15, 0.2) is 0 Å². The summed E-state index contributed by atoms with van der Waals surface area (Å²) in [6.07, 6.45) is 0. The van der Waals surface area contributed by atoms with Gasteiger partial charge in [0, 0.05) is 26.5 Å². The Kier molecular flexibility index (Phi) is 6.03. The molecule has 0 saturated heterocycles. The van der Waals surface area contributed by atoms with Crippen LogP contribution in [0.4, 0.5) is 17.1 Å². The first-order valence-corrected chi connectivity index (χ1v) is 16.0. The van der Waals surface area contributed by atoms with Crippen LogP contribution >= 0.6 is 11.3 Å². The molecule has 2 aromatic heterocycles. The van der Waals surface area contributed by atoms with Gasteiger partial charge in [-0.2, -0.15) is 0 Å². The second-order valence-electron chi connectivity index (χ2n) is 11.3. The number of fused-ring (bicyclic) bond motifs is 6. The molecule has 2 heterocycles. The summed E-state index contributed by atoms with van der Waals surface area (Å²) in [5.74, 6) is 0. The summed E-state index contributed by atoms with van der Waals surface area (Å²) in [6.45, 7) is 0. The Labute approximate surface area is 265 Å². The summed E-state index contributed by atoms with van der Waals surface area (Å²) in [4.78, 5) is 2.41. The lowest BCUT2D eigenvalue weighted by Crippen LogP contribution is -2.10. The zero-order valence-corrected chi connectivity index (χ0v) is 25.2. The van der Waals surface area contributed by atoms with Crippen LogP contribution in [-0.2, 0) is 0 Å². The van der Waals surface area contributed by atoms with Crippen molar-refractivity contribution in [3.63, 3.8) is 0 Å². The lowest BCUT2D eigenvalue weighted by atomic mass is 9.94. The highest BCUT2D eigenvalue weighted by molar-refractivity contribution is 7.26. The summed E-state index contributed by atoms with van der Waals surface area (Å²) < 4.78 is 8.92. The largest absolute Gasteiger partial charge is 0.456 e. The molecule has 0 N–H and O–H groups in total. The third kappa shape index (κ3) is 4.24. The molecule has 0 aliphatic carbocycles. The van der Waals surface area contributed by atoms with Gasteiger partial charge in [0.1, 0.15) is 11.2 Å². The molecule has 0 amide bonds. The molecule has 0 fully saturated rings. The van der Waals surface area contributed by atoms with Crippen LogP contribution in [0.2, 0.25) is 0 Å². The second-order valence-corrected chi connectivity index (χ2v) is 12.3. The molecule has 0 aliphatic heterocycles. The zero-order chi connectivity index (χ0) is 29.7. The van der Waals surface area contributed by atoms with Gasteiger partial charge in [-0.25, -0.2) is 0 Å². The molecule has 0 saturated carbocycles. The predicted molar refractivity (Wildman–Crippen MR) is 192 cm³/mol. The smallest absolute Gasteiger partial charge is 0.137 e. The average molecular weight is 594 g/mol. The normalized spacial score (nSPS) is 11.6. The molecule has 3 heteroatoms. The maximum Gasteiger partial charge on any atom is 0.137 e. The van der Waals surface area contributed by atoms with Crippen LogP contribution in [0, 0.1) is 0 Å². The standard InChI is InChI=1S/C42H27NOS/c1-2-12-28(13-3-1)31-14-4-5-15-32(31)29-24-26-30(27-25-29)43(36-19-11-22-39-41(36)35-17-6-8-21-38(35)44-39)37-20-10-18-34-33-16-7-9-23-40(33)45-42(34)37/h1-27H. The van der Waals surface area contributed by atoms with Crippen molar-refractivity contribution in [2.45, 2.75) is 0 Å². The van der Waals surface area contributed by atoms with Crippen molar-refractivity contribution in [2.24, 2.45) is 0 Å². The molecule has 212 valence electrons. The van der Waals surface area contributed by atoms with E-state index in [2.05, 4.69) is 163 Å². The van der Waals surface area contributed by atoms with Crippen molar-refractivity contribution in [3.8, 4) is 22.3 Å². The molecule has 0 radical (unpaired) electrons. The van der Waals surface area contributed by atoms with Crippen molar-refractivity contribution in [1.82, 2.24) is 0 Å². The van der Waals surface area contributed by atoms with E-state index in [1.807, 2.05) is 17.4 Å². The number of thiophene rings is 1. The maximum atomic E-state index is 6.36. The van der Waals surface area contributed by atoms with Crippen LogP contribution in [0.5, 0.6) is 0 Å². The van der Waals surface area contributed by atoms with E-state index in [1.54, 1.807) is 0 Å². The number of rotatable bonds is 5. The third-order valence-corrected chi connectivity index (χ3v) is 9.90. The minimum absolute atomic E-state index is 0.885. The minimum atomic E-state index is 0.885. The van der Waals surface area contributed by atoms with E-state index in [0.717, 1.165) is 39.0 Å². The van der Waals surface area contributed by atoms with Gasteiger partial charge >= 0.3 is 0 Å². The molecule has 9 rings (SSSR count). The summed E-state index contributed by atoms with van der Waals surface area (Å²) >= 11 is 1.85. The van der Waals surface area contributed by atoms with Gasteiger partial charge in [0.05, 0.1) is 21.5 Å². The molecular formula is C42H27NOS. The van der Waals surface area contributed by atoms with E-state index in [0.29, 0.717) is 0 Å². The molecule has 0 atom stereocenters. The first-order valence-electron chi connectivity index (χ1n) is 15.2. The van der Waals surface area contributed by atoms with Crippen LogP contribution < -0.4 is 4.90 Å². The third-order valence-electron chi connectivity index (χ3n) is 8.69. The van der Waals surface area contributed by atoms with Gasteiger partial charge in [-0.15, -0.1) is 11.3 Å². The first-order chi connectivity index (χ1) is 22.3. The molecular weight excluding hydrogens is 567 g/mol. The topological polar surface area (TPSA) is 16.4 Å². The number of hydrogen-bond donors (Lipinski definition) is 0. The fourth-order valence-corrected chi connectivity index (χ4v) is 7.86. The van der Waals surface area contributed by atoms with E-state index in [1.165, 1.54) is 42.4 Å². The van der Waals surface area contributed by atoms with E-state index in [-0.39, 0.29) is 0 Å². The van der Waals surface area contributed by atoms with Gasteiger partial charge < -0.3 is 9.32 Å². The lowest BCUT2D eigenvalue weighted by molar-refractivity contribution is 0.669. The van der Waals surface area contributed by atoms with Crippen molar-refractivity contribution in [3.05, 3.63) is 164 Å². The molecule has 0 unspecified atom stereocenters. The van der Waals surface area contributed by atoms with Crippen molar-refractivity contribution < 1.29 is 4.42 Å². The molecule has 45 heavy (non-hydrogen) atoms. The van der Waals surface area contributed by atoms with Crippen LogP contribution in [0.3, 0.4) is 0 Å². The molecule has 0 aliphatic rings. The second kappa shape index (κ2) is 10.5. The van der Waals surface area contributed by atoms with Crippen LogP contribution in [0.25, 0.3) is 64.4 Å². The van der Waals surface area contributed by atoms with Gasteiger partial charge in [0.25, 0.3) is 0 Å². The monoisotopic (exact) mass is 593 g/mol. The van der Waals surface area contributed by atoms with E-state index in [9.17, 15) is 0 Å². The summed E-state index contributed by atoms with van der Waals surface area (Å²) in [7, 11) is 0. The highest BCUT2D eigenvalue weighted by Gasteiger charge is 2.22. The fourth-order valence-electron chi connectivity index (χ4n) is 6.65. The minimum Gasteiger partial charge on any atom is -0.456 e. The number of furan rings is 1.